The fourth-order valence-corrected chi connectivity index (χ4v) is 3.42. The van der Waals surface area contributed by atoms with Crippen LogP contribution in [0.25, 0.3) is 0 Å². The maximum absolute atomic E-state index is 12.1. The number of ether oxygens (including phenoxy) is 1. The number of carbonyl (C=O) groups excluding carboxylic acids is 1. The van der Waals surface area contributed by atoms with Crippen LogP contribution in [0.3, 0.4) is 0 Å². The quantitative estimate of drug-likeness (QED) is 0.845. The molecule has 1 heterocycles. The molecule has 1 amide bonds. The third-order valence-electron chi connectivity index (χ3n) is 4.95. The largest absolute Gasteiger partial charge is 0.481 e. The van der Waals surface area contributed by atoms with Crippen LogP contribution >= 0.6 is 0 Å². The minimum absolute atomic E-state index is 0.0115. The molecule has 21 heavy (non-hydrogen) atoms. The van der Waals surface area contributed by atoms with Gasteiger partial charge in [0.15, 0.2) is 0 Å². The van der Waals surface area contributed by atoms with Crippen LogP contribution in [-0.2, 0) is 14.3 Å². The molecule has 2 aliphatic rings. The van der Waals surface area contributed by atoms with E-state index >= 15 is 0 Å². The smallest absolute Gasteiger partial charge is 0.306 e. The first-order valence-electron chi connectivity index (χ1n) is 8.22. The molecular formula is C16H27NO4. The van der Waals surface area contributed by atoms with Crippen LogP contribution in [-0.4, -0.2) is 47.7 Å². The fourth-order valence-electron chi connectivity index (χ4n) is 3.42. The molecule has 5 heteroatoms. The molecule has 1 aliphatic heterocycles. The van der Waals surface area contributed by atoms with E-state index < -0.39 is 5.97 Å². The van der Waals surface area contributed by atoms with E-state index in [9.17, 15) is 9.59 Å². The number of carboxylic acid groups (broad SMARTS) is 1. The lowest BCUT2D eigenvalue weighted by atomic mass is 9.85. The number of likely N-dealkylation sites (tertiary alicyclic amines) is 1. The Morgan fingerprint density at radius 3 is 2.52 bits per heavy atom. The Balaban J connectivity index is 1.69. The number of nitrogens with zero attached hydrogens (tertiary/aromatic N) is 1. The SMILES string of the molecule is CCC1CCCC(OCC(=O)N2CCC(C(=O)O)CC2)C1. The summed E-state index contributed by atoms with van der Waals surface area (Å²) in [4.78, 5) is 24.8. The van der Waals surface area contributed by atoms with Crippen molar-refractivity contribution in [3.05, 3.63) is 0 Å². The lowest BCUT2D eigenvalue weighted by Gasteiger charge is -2.32. The van der Waals surface area contributed by atoms with E-state index in [1.165, 1.54) is 19.3 Å². The first kappa shape index (κ1) is 16.3. The molecule has 1 aliphatic carbocycles. The van der Waals surface area contributed by atoms with Gasteiger partial charge in [-0.2, -0.15) is 0 Å². The topological polar surface area (TPSA) is 66.8 Å². The molecule has 2 atom stereocenters. The van der Waals surface area contributed by atoms with Gasteiger partial charge in [-0.25, -0.2) is 0 Å². The summed E-state index contributed by atoms with van der Waals surface area (Å²) in [5.74, 6) is -0.285. The lowest BCUT2D eigenvalue weighted by molar-refractivity contribution is -0.147. The maximum atomic E-state index is 12.1. The summed E-state index contributed by atoms with van der Waals surface area (Å²) in [6.07, 6.45) is 7.15. The van der Waals surface area contributed by atoms with E-state index in [0.717, 1.165) is 18.8 Å². The second-order valence-corrected chi connectivity index (χ2v) is 6.37. The monoisotopic (exact) mass is 297 g/mol. The van der Waals surface area contributed by atoms with Gasteiger partial charge in [-0.1, -0.05) is 26.2 Å². The first-order chi connectivity index (χ1) is 10.1. The zero-order valence-electron chi connectivity index (χ0n) is 12.9. The second kappa shape index (κ2) is 7.78. The third-order valence-corrected chi connectivity index (χ3v) is 4.95. The summed E-state index contributed by atoms with van der Waals surface area (Å²) < 4.78 is 5.80. The van der Waals surface area contributed by atoms with Crippen LogP contribution in [0.2, 0.25) is 0 Å². The van der Waals surface area contributed by atoms with Crippen LogP contribution in [0.4, 0.5) is 0 Å². The van der Waals surface area contributed by atoms with Crippen LogP contribution in [0, 0.1) is 11.8 Å². The van der Waals surface area contributed by atoms with Gasteiger partial charge in [0.1, 0.15) is 6.61 Å². The zero-order valence-corrected chi connectivity index (χ0v) is 12.9. The second-order valence-electron chi connectivity index (χ2n) is 6.37. The standard InChI is InChI=1S/C16H27NO4/c1-2-12-4-3-5-14(10-12)21-11-15(18)17-8-6-13(7-9-17)16(19)20/h12-14H,2-11H2,1H3,(H,19,20). The minimum atomic E-state index is -0.744. The number of hydrogen-bond acceptors (Lipinski definition) is 3. The zero-order chi connectivity index (χ0) is 15.2. The van der Waals surface area contributed by atoms with Gasteiger partial charge in [0.05, 0.1) is 12.0 Å². The number of piperidine rings is 1. The average molecular weight is 297 g/mol. The van der Waals surface area contributed by atoms with E-state index in [0.29, 0.717) is 25.9 Å². The first-order valence-corrected chi connectivity index (χ1v) is 8.22. The molecule has 1 saturated heterocycles. The molecule has 0 radical (unpaired) electrons. The minimum Gasteiger partial charge on any atom is -0.481 e. The van der Waals surface area contributed by atoms with Gasteiger partial charge >= 0.3 is 5.97 Å². The van der Waals surface area contributed by atoms with Gasteiger partial charge in [-0.3, -0.25) is 9.59 Å². The molecule has 0 aromatic heterocycles. The Hall–Kier alpha value is -1.10. The van der Waals surface area contributed by atoms with E-state index in [4.69, 9.17) is 9.84 Å². The van der Waals surface area contributed by atoms with Crippen LogP contribution in [0.1, 0.15) is 51.9 Å². The Labute approximate surface area is 126 Å². The summed E-state index contributed by atoms with van der Waals surface area (Å²) in [6.45, 7) is 3.45. The number of aliphatic carboxylic acids is 1. The number of hydrogen-bond donors (Lipinski definition) is 1. The van der Waals surface area contributed by atoms with Gasteiger partial charge in [0.25, 0.3) is 0 Å². The summed E-state index contributed by atoms with van der Waals surface area (Å²) in [7, 11) is 0. The highest BCUT2D eigenvalue weighted by molar-refractivity contribution is 5.78. The molecule has 2 fully saturated rings. The lowest BCUT2D eigenvalue weighted by Crippen LogP contribution is -2.42. The molecule has 0 aromatic carbocycles. The summed E-state index contributed by atoms with van der Waals surface area (Å²) in [5.41, 5.74) is 0. The van der Waals surface area contributed by atoms with E-state index in [1.807, 2.05) is 0 Å². The molecule has 120 valence electrons. The van der Waals surface area contributed by atoms with Crippen molar-refractivity contribution in [2.45, 2.75) is 58.0 Å². The van der Waals surface area contributed by atoms with Crippen LogP contribution in [0.15, 0.2) is 0 Å². The Bertz CT molecular complexity index is 363. The molecule has 2 unspecified atom stereocenters. The predicted octanol–water partition coefficient (Wildman–Crippen LogP) is 2.29. The molecule has 0 aromatic rings. The van der Waals surface area contributed by atoms with Gasteiger partial charge in [-0.15, -0.1) is 0 Å². The Morgan fingerprint density at radius 1 is 1.19 bits per heavy atom. The molecule has 1 saturated carbocycles. The maximum Gasteiger partial charge on any atom is 0.306 e. The van der Waals surface area contributed by atoms with E-state index in [2.05, 4.69) is 6.92 Å². The summed E-state index contributed by atoms with van der Waals surface area (Å²) in [5, 5.41) is 8.96. The van der Waals surface area contributed by atoms with Gasteiger partial charge in [-0.05, 0) is 31.6 Å². The molecule has 2 rings (SSSR count). The number of carboxylic acids is 1. The molecular weight excluding hydrogens is 270 g/mol. The number of carbonyl (C=O) groups is 2. The number of amides is 1. The van der Waals surface area contributed by atoms with Crippen molar-refractivity contribution >= 4 is 11.9 Å². The predicted molar refractivity (Wildman–Crippen MR) is 78.9 cm³/mol. The highest BCUT2D eigenvalue weighted by Crippen LogP contribution is 2.28. The van der Waals surface area contributed by atoms with Crippen molar-refractivity contribution in [1.82, 2.24) is 4.90 Å². The van der Waals surface area contributed by atoms with Crippen molar-refractivity contribution in [2.24, 2.45) is 11.8 Å². The van der Waals surface area contributed by atoms with Gasteiger partial charge in [0.2, 0.25) is 5.91 Å². The highest BCUT2D eigenvalue weighted by atomic mass is 16.5. The van der Waals surface area contributed by atoms with E-state index in [-0.39, 0.29) is 24.5 Å². The van der Waals surface area contributed by atoms with Gasteiger partial charge in [0, 0.05) is 13.1 Å². The molecule has 0 bridgehead atoms. The van der Waals surface area contributed by atoms with Crippen molar-refractivity contribution < 1.29 is 19.4 Å². The van der Waals surface area contributed by atoms with E-state index in [1.54, 1.807) is 4.90 Å². The van der Waals surface area contributed by atoms with Crippen molar-refractivity contribution in [3.63, 3.8) is 0 Å². The fraction of sp³-hybridized carbons (Fsp3) is 0.875. The van der Waals surface area contributed by atoms with Crippen molar-refractivity contribution in [2.75, 3.05) is 19.7 Å². The van der Waals surface area contributed by atoms with Crippen molar-refractivity contribution in [3.8, 4) is 0 Å². The Kier molecular flexibility index (Phi) is 6.03. The third kappa shape index (κ3) is 4.70. The molecule has 0 spiro atoms. The summed E-state index contributed by atoms with van der Waals surface area (Å²) in [6, 6.07) is 0. The average Bonchev–Trinajstić information content (AvgIpc) is 2.53. The number of rotatable bonds is 5. The highest BCUT2D eigenvalue weighted by Gasteiger charge is 2.28. The summed E-state index contributed by atoms with van der Waals surface area (Å²) >= 11 is 0. The van der Waals surface area contributed by atoms with Gasteiger partial charge < -0.3 is 14.7 Å². The van der Waals surface area contributed by atoms with Crippen LogP contribution < -0.4 is 0 Å². The molecule has 1 N–H and O–H groups in total. The molecule has 5 nitrogen and oxygen atoms in total. The Morgan fingerprint density at radius 2 is 1.90 bits per heavy atom. The normalized spacial score (nSPS) is 27.6. The van der Waals surface area contributed by atoms with Crippen LogP contribution in [0.5, 0.6) is 0 Å². The van der Waals surface area contributed by atoms with Crippen molar-refractivity contribution in [1.29, 1.82) is 0 Å².